The zero-order valence-corrected chi connectivity index (χ0v) is 10.6. The van der Waals surface area contributed by atoms with Gasteiger partial charge >= 0.3 is 0 Å². The Labute approximate surface area is 101 Å². The predicted molar refractivity (Wildman–Crippen MR) is 65.2 cm³/mol. The summed E-state index contributed by atoms with van der Waals surface area (Å²) in [5, 5.41) is 10.7. The van der Waals surface area contributed by atoms with Crippen molar-refractivity contribution in [2.24, 2.45) is 0 Å². The van der Waals surface area contributed by atoms with Crippen molar-refractivity contribution in [3.63, 3.8) is 0 Å². The van der Waals surface area contributed by atoms with Crippen LogP contribution in [0.25, 0.3) is 0 Å². The Bertz CT molecular complexity index is 409. The fraction of sp³-hybridized carbons (Fsp3) is 0.538. The molecule has 1 aromatic rings. The van der Waals surface area contributed by atoms with Crippen LogP contribution in [-0.2, 0) is 5.60 Å². The molecule has 1 aliphatic carbocycles. The van der Waals surface area contributed by atoms with Crippen LogP contribution < -0.4 is 4.74 Å². The molecule has 2 nitrogen and oxygen atoms in total. The third kappa shape index (κ3) is 1.92. The first-order chi connectivity index (χ1) is 7.48. The lowest BCUT2D eigenvalue weighted by Crippen LogP contribution is -2.07. The molecule has 1 fully saturated rings. The highest BCUT2D eigenvalue weighted by Crippen LogP contribution is 2.50. The van der Waals surface area contributed by atoms with Gasteiger partial charge in [0, 0.05) is 5.56 Å². The van der Waals surface area contributed by atoms with Crippen molar-refractivity contribution in [2.45, 2.75) is 38.2 Å². The Morgan fingerprint density at radius 3 is 2.44 bits per heavy atom. The molecule has 0 atom stereocenters. The van der Waals surface area contributed by atoms with E-state index in [1.54, 1.807) is 7.11 Å². The van der Waals surface area contributed by atoms with E-state index >= 15 is 0 Å². The summed E-state index contributed by atoms with van der Waals surface area (Å²) in [6.45, 7) is 4.23. The van der Waals surface area contributed by atoms with Crippen LogP contribution in [0.4, 0.5) is 0 Å². The van der Waals surface area contributed by atoms with Gasteiger partial charge < -0.3 is 9.84 Å². The number of aliphatic hydroxyl groups is 1. The van der Waals surface area contributed by atoms with Crippen molar-refractivity contribution in [3.8, 4) is 5.75 Å². The van der Waals surface area contributed by atoms with Crippen molar-refractivity contribution in [1.82, 2.24) is 0 Å². The second-order valence-electron chi connectivity index (χ2n) is 4.77. The van der Waals surface area contributed by atoms with Crippen LogP contribution in [0.5, 0.6) is 5.75 Å². The molecule has 88 valence electrons. The van der Waals surface area contributed by atoms with Crippen molar-refractivity contribution >= 4 is 11.6 Å². The normalized spacial score (nSPS) is 17.6. The molecule has 0 aliphatic heterocycles. The molecule has 16 heavy (non-hydrogen) atoms. The smallest absolute Gasteiger partial charge is 0.138 e. The van der Waals surface area contributed by atoms with Crippen molar-refractivity contribution in [2.75, 3.05) is 7.11 Å². The van der Waals surface area contributed by atoms with Gasteiger partial charge in [-0.15, -0.1) is 0 Å². The van der Waals surface area contributed by atoms with Crippen molar-refractivity contribution in [1.29, 1.82) is 0 Å². The minimum Gasteiger partial charge on any atom is -0.495 e. The second-order valence-corrected chi connectivity index (χ2v) is 5.15. The summed E-state index contributed by atoms with van der Waals surface area (Å²) < 4.78 is 5.26. The van der Waals surface area contributed by atoms with Crippen LogP contribution in [0.2, 0.25) is 5.02 Å². The molecule has 0 saturated heterocycles. The Kier molecular flexibility index (Phi) is 2.89. The highest BCUT2D eigenvalue weighted by Gasteiger charge is 2.44. The summed E-state index contributed by atoms with van der Waals surface area (Å²) in [6, 6.07) is 3.95. The molecule has 3 heteroatoms. The van der Waals surface area contributed by atoms with Crippen LogP contribution in [0, 0.1) is 0 Å². The highest BCUT2D eigenvalue weighted by atomic mass is 35.5. The number of methoxy groups -OCH3 is 1. The zero-order valence-electron chi connectivity index (χ0n) is 9.88. The van der Waals surface area contributed by atoms with Gasteiger partial charge in [0.25, 0.3) is 0 Å². The lowest BCUT2D eigenvalue weighted by molar-refractivity contribution is 0.151. The standard InChI is InChI=1S/C13H17ClO2/c1-8(2)9-6-10(13(15)4-5-13)12(14)11(7-9)16-3/h6-8,15H,4-5H2,1-3H3. The minimum absolute atomic E-state index is 0.396. The van der Waals surface area contributed by atoms with E-state index in [4.69, 9.17) is 16.3 Å². The molecule has 1 saturated carbocycles. The van der Waals surface area contributed by atoms with E-state index in [0.29, 0.717) is 16.7 Å². The fourth-order valence-electron chi connectivity index (χ4n) is 1.83. The number of benzene rings is 1. The maximum Gasteiger partial charge on any atom is 0.138 e. The Balaban J connectivity index is 2.54. The summed E-state index contributed by atoms with van der Waals surface area (Å²) in [4.78, 5) is 0. The first kappa shape index (κ1) is 11.7. The summed E-state index contributed by atoms with van der Waals surface area (Å²) >= 11 is 6.23. The third-order valence-electron chi connectivity index (χ3n) is 3.17. The lowest BCUT2D eigenvalue weighted by Gasteiger charge is -2.17. The molecule has 0 bridgehead atoms. The number of hydrogen-bond donors (Lipinski definition) is 1. The van der Waals surface area contributed by atoms with Gasteiger partial charge in [-0.3, -0.25) is 0 Å². The zero-order chi connectivity index (χ0) is 11.9. The van der Waals surface area contributed by atoms with E-state index in [0.717, 1.165) is 24.0 Å². The van der Waals surface area contributed by atoms with E-state index in [2.05, 4.69) is 13.8 Å². The fourth-order valence-corrected chi connectivity index (χ4v) is 2.19. The molecular formula is C13H17ClO2. The number of halogens is 1. The van der Waals surface area contributed by atoms with Crippen LogP contribution in [0.3, 0.4) is 0 Å². The molecule has 2 rings (SSSR count). The quantitative estimate of drug-likeness (QED) is 0.877. The molecule has 0 radical (unpaired) electrons. The van der Waals surface area contributed by atoms with Gasteiger partial charge in [-0.05, 0) is 30.4 Å². The largest absolute Gasteiger partial charge is 0.495 e. The van der Waals surface area contributed by atoms with E-state index in [-0.39, 0.29) is 0 Å². The van der Waals surface area contributed by atoms with Crippen LogP contribution in [0.1, 0.15) is 43.7 Å². The number of hydrogen-bond acceptors (Lipinski definition) is 2. The van der Waals surface area contributed by atoms with Gasteiger partial charge in [0.05, 0.1) is 17.7 Å². The maximum atomic E-state index is 10.2. The molecule has 1 aliphatic rings. The maximum absolute atomic E-state index is 10.2. The monoisotopic (exact) mass is 240 g/mol. The minimum atomic E-state index is -0.713. The third-order valence-corrected chi connectivity index (χ3v) is 3.56. The van der Waals surface area contributed by atoms with E-state index in [1.165, 1.54) is 0 Å². The van der Waals surface area contributed by atoms with Crippen LogP contribution in [-0.4, -0.2) is 12.2 Å². The van der Waals surface area contributed by atoms with Crippen molar-refractivity contribution < 1.29 is 9.84 Å². The summed E-state index contributed by atoms with van der Waals surface area (Å²) in [5.74, 6) is 1.05. The highest BCUT2D eigenvalue weighted by molar-refractivity contribution is 6.33. The number of ether oxygens (including phenoxy) is 1. The van der Waals surface area contributed by atoms with Crippen molar-refractivity contribution in [3.05, 3.63) is 28.3 Å². The van der Waals surface area contributed by atoms with Gasteiger partial charge in [-0.1, -0.05) is 31.5 Å². The van der Waals surface area contributed by atoms with Gasteiger partial charge in [-0.25, -0.2) is 0 Å². The number of rotatable bonds is 3. The lowest BCUT2D eigenvalue weighted by atomic mass is 9.97. The summed E-state index contributed by atoms with van der Waals surface area (Å²) in [5.41, 5.74) is 1.25. The SMILES string of the molecule is COc1cc(C(C)C)cc(C2(O)CC2)c1Cl. The molecule has 0 unspecified atom stereocenters. The van der Waals surface area contributed by atoms with E-state index in [1.807, 2.05) is 12.1 Å². The molecule has 0 amide bonds. The average molecular weight is 241 g/mol. The molecule has 1 aromatic carbocycles. The molecule has 0 aromatic heterocycles. The van der Waals surface area contributed by atoms with Gasteiger partial charge in [-0.2, -0.15) is 0 Å². The van der Waals surface area contributed by atoms with Crippen LogP contribution >= 0.6 is 11.6 Å². The predicted octanol–water partition coefficient (Wildman–Crippen LogP) is 3.45. The van der Waals surface area contributed by atoms with Gasteiger partial charge in [0.15, 0.2) is 0 Å². The summed E-state index contributed by atoms with van der Waals surface area (Å²) in [7, 11) is 1.60. The Morgan fingerprint density at radius 2 is 2.00 bits per heavy atom. The topological polar surface area (TPSA) is 29.5 Å². The second kappa shape index (κ2) is 3.94. The van der Waals surface area contributed by atoms with E-state index in [9.17, 15) is 5.11 Å². The van der Waals surface area contributed by atoms with Crippen LogP contribution in [0.15, 0.2) is 12.1 Å². The van der Waals surface area contributed by atoms with Gasteiger partial charge in [0.1, 0.15) is 5.75 Å². The molecule has 0 spiro atoms. The van der Waals surface area contributed by atoms with E-state index < -0.39 is 5.60 Å². The Morgan fingerprint density at radius 1 is 1.38 bits per heavy atom. The first-order valence-corrected chi connectivity index (χ1v) is 5.96. The summed E-state index contributed by atoms with van der Waals surface area (Å²) in [6.07, 6.45) is 1.58. The van der Waals surface area contributed by atoms with Gasteiger partial charge in [0.2, 0.25) is 0 Å². The average Bonchev–Trinajstić information content (AvgIpc) is 2.97. The first-order valence-electron chi connectivity index (χ1n) is 5.58. The Hall–Kier alpha value is -0.730. The molecule has 0 heterocycles. The molecule has 1 N–H and O–H groups in total. The molecular weight excluding hydrogens is 224 g/mol.